The minimum atomic E-state index is -3.53. The molecule has 1 aliphatic rings. The lowest BCUT2D eigenvalue weighted by molar-refractivity contribution is -0.129. The maximum Gasteiger partial charge on any atom is 0.252 e. The molecule has 0 spiro atoms. The summed E-state index contributed by atoms with van der Waals surface area (Å²) < 4.78 is 27.3. The number of carbonyl (C=O) groups excluding carboxylic acids is 1. The first-order valence-electron chi connectivity index (χ1n) is 8.09. The number of hydrogen-bond acceptors (Lipinski definition) is 5. The number of halogens is 1. The Morgan fingerprint density at radius 3 is 2.35 bits per heavy atom. The third-order valence-corrected chi connectivity index (χ3v) is 8.71. The number of rotatable bonds is 5. The van der Waals surface area contributed by atoms with Crippen LogP contribution >= 0.6 is 34.7 Å². The van der Waals surface area contributed by atoms with Gasteiger partial charge < -0.3 is 4.90 Å². The Balaban J connectivity index is 1.53. The van der Waals surface area contributed by atoms with Crippen LogP contribution in [0.25, 0.3) is 0 Å². The number of benzene rings is 1. The Bertz CT molecular complexity index is 873. The van der Waals surface area contributed by atoms with Crippen molar-refractivity contribution in [1.82, 2.24) is 9.21 Å². The van der Waals surface area contributed by atoms with E-state index in [9.17, 15) is 13.2 Å². The van der Waals surface area contributed by atoms with Crippen LogP contribution in [0, 0.1) is 6.92 Å². The molecule has 0 bridgehead atoms. The summed E-state index contributed by atoms with van der Waals surface area (Å²) in [6.45, 7) is 3.45. The molecular weight excluding hydrogens is 412 g/mol. The summed E-state index contributed by atoms with van der Waals surface area (Å²) in [5, 5.41) is 0. The lowest BCUT2D eigenvalue weighted by atomic mass is 10.2. The monoisotopic (exact) mass is 430 g/mol. The molecule has 1 saturated heterocycles. The quantitative estimate of drug-likeness (QED) is 0.682. The van der Waals surface area contributed by atoms with Crippen LogP contribution in [0.1, 0.15) is 5.56 Å². The van der Waals surface area contributed by atoms with Gasteiger partial charge in [0.05, 0.1) is 10.1 Å². The van der Waals surface area contributed by atoms with Gasteiger partial charge in [-0.2, -0.15) is 4.31 Å². The molecular formula is C17H19ClN2O3S3. The average molecular weight is 431 g/mol. The highest BCUT2D eigenvalue weighted by molar-refractivity contribution is 8.00. The molecule has 0 atom stereocenters. The van der Waals surface area contributed by atoms with E-state index in [1.165, 1.54) is 27.7 Å². The van der Waals surface area contributed by atoms with Crippen molar-refractivity contribution in [2.75, 3.05) is 31.9 Å². The van der Waals surface area contributed by atoms with E-state index in [1.807, 2.05) is 31.2 Å². The molecule has 0 aliphatic carbocycles. The third-order valence-electron chi connectivity index (χ3n) is 4.12. The van der Waals surface area contributed by atoms with Crippen molar-refractivity contribution >= 4 is 50.6 Å². The molecule has 0 N–H and O–H groups in total. The van der Waals surface area contributed by atoms with Crippen LogP contribution in [0.2, 0.25) is 4.34 Å². The number of nitrogens with zero attached hydrogens (tertiary/aromatic N) is 2. The van der Waals surface area contributed by atoms with Gasteiger partial charge in [0.2, 0.25) is 5.91 Å². The zero-order valence-corrected chi connectivity index (χ0v) is 17.4. The summed E-state index contributed by atoms with van der Waals surface area (Å²) in [7, 11) is -3.53. The Labute approximate surface area is 167 Å². The number of amides is 1. The second kappa shape index (κ2) is 8.31. The molecule has 9 heteroatoms. The van der Waals surface area contributed by atoms with Crippen molar-refractivity contribution in [3.63, 3.8) is 0 Å². The van der Waals surface area contributed by atoms with Gasteiger partial charge in [0.15, 0.2) is 0 Å². The molecule has 2 aromatic rings. The van der Waals surface area contributed by atoms with E-state index >= 15 is 0 Å². The summed E-state index contributed by atoms with van der Waals surface area (Å²) in [6, 6.07) is 11.2. The lowest BCUT2D eigenvalue weighted by Gasteiger charge is -2.33. The summed E-state index contributed by atoms with van der Waals surface area (Å²) in [5.41, 5.74) is 1.19. The molecule has 5 nitrogen and oxygen atoms in total. The van der Waals surface area contributed by atoms with E-state index in [2.05, 4.69) is 0 Å². The maximum atomic E-state index is 12.6. The van der Waals surface area contributed by atoms with Gasteiger partial charge in [0.25, 0.3) is 10.0 Å². The normalized spacial score (nSPS) is 16.0. The fourth-order valence-corrected chi connectivity index (χ4v) is 6.47. The zero-order valence-electron chi connectivity index (χ0n) is 14.2. The van der Waals surface area contributed by atoms with Crippen molar-refractivity contribution < 1.29 is 13.2 Å². The van der Waals surface area contributed by atoms with Crippen molar-refractivity contribution in [1.29, 1.82) is 0 Å². The Hall–Kier alpha value is -1.06. The van der Waals surface area contributed by atoms with Crippen molar-refractivity contribution in [2.24, 2.45) is 0 Å². The van der Waals surface area contributed by atoms with Gasteiger partial charge in [-0.1, -0.05) is 29.3 Å². The second-order valence-corrected chi connectivity index (χ2v) is 10.9. The van der Waals surface area contributed by atoms with E-state index in [1.54, 1.807) is 11.0 Å². The number of thioether (sulfide) groups is 1. The highest BCUT2D eigenvalue weighted by Crippen LogP contribution is 2.28. The Kier molecular flexibility index (Phi) is 6.29. The second-order valence-electron chi connectivity index (χ2n) is 5.95. The molecule has 1 amide bonds. The van der Waals surface area contributed by atoms with E-state index < -0.39 is 10.0 Å². The van der Waals surface area contributed by atoms with Crippen LogP contribution in [0.5, 0.6) is 0 Å². The van der Waals surface area contributed by atoms with Crippen LogP contribution < -0.4 is 0 Å². The Morgan fingerprint density at radius 2 is 1.77 bits per heavy atom. The molecule has 1 aromatic heterocycles. The first-order chi connectivity index (χ1) is 12.4. The van der Waals surface area contributed by atoms with Crippen LogP contribution in [0.15, 0.2) is 45.5 Å². The van der Waals surface area contributed by atoms with Gasteiger partial charge in [-0.15, -0.1) is 23.1 Å². The third kappa shape index (κ3) is 4.61. The molecule has 0 saturated carbocycles. The molecule has 26 heavy (non-hydrogen) atoms. The van der Waals surface area contributed by atoms with Crippen molar-refractivity contribution in [3.05, 3.63) is 46.3 Å². The number of carbonyl (C=O) groups is 1. The van der Waals surface area contributed by atoms with E-state index in [0.717, 1.165) is 16.2 Å². The number of piperazine rings is 1. The Morgan fingerprint density at radius 1 is 1.12 bits per heavy atom. The zero-order chi connectivity index (χ0) is 18.7. The van der Waals surface area contributed by atoms with Crippen molar-refractivity contribution in [3.8, 4) is 0 Å². The summed E-state index contributed by atoms with van der Waals surface area (Å²) in [4.78, 5) is 15.2. The molecule has 1 aliphatic heterocycles. The van der Waals surface area contributed by atoms with E-state index in [0.29, 0.717) is 36.3 Å². The van der Waals surface area contributed by atoms with Gasteiger partial charge >= 0.3 is 0 Å². The van der Waals surface area contributed by atoms with Crippen LogP contribution in [-0.4, -0.2) is 55.5 Å². The maximum absolute atomic E-state index is 12.6. The topological polar surface area (TPSA) is 57.7 Å². The number of thiophene rings is 1. The summed E-state index contributed by atoms with van der Waals surface area (Å²) in [6.07, 6.45) is 0. The molecule has 2 heterocycles. The largest absolute Gasteiger partial charge is 0.339 e. The van der Waals surface area contributed by atoms with E-state index in [-0.39, 0.29) is 10.1 Å². The fraction of sp³-hybridized carbons (Fsp3) is 0.353. The smallest absolute Gasteiger partial charge is 0.252 e. The van der Waals surface area contributed by atoms with Crippen LogP contribution in [0.3, 0.4) is 0 Å². The molecule has 0 unspecified atom stereocenters. The molecule has 3 rings (SSSR count). The number of sulfonamides is 1. The van der Waals surface area contributed by atoms with Crippen molar-refractivity contribution in [2.45, 2.75) is 16.0 Å². The standard InChI is InChI=1S/C17H19ClN2O3S3/c1-13-2-4-14(5-3-13)24-12-16(21)19-8-10-20(11-9-19)26(22,23)17-7-6-15(18)25-17/h2-7H,8-12H2,1H3. The number of hydrogen-bond donors (Lipinski definition) is 0. The van der Waals surface area contributed by atoms with Crippen LogP contribution in [-0.2, 0) is 14.8 Å². The average Bonchev–Trinajstić information content (AvgIpc) is 3.08. The lowest BCUT2D eigenvalue weighted by Crippen LogP contribution is -2.50. The van der Waals surface area contributed by atoms with Gasteiger partial charge in [-0.3, -0.25) is 4.79 Å². The van der Waals surface area contributed by atoms with Crippen LogP contribution in [0.4, 0.5) is 0 Å². The predicted octanol–water partition coefficient (Wildman–Crippen LogP) is 3.34. The minimum Gasteiger partial charge on any atom is -0.339 e. The molecule has 1 fully saturated rings. The fourth-order valence-electron chi connectivity index (χ4n) is 2.61. The van der Waals surface area contributed by atoms with Gasteiger partial charge in [-0.25, -0.2) is 8.42 Å². The van der Waals surface area contributed by atoms with Gasteiger partial charge in [-0.05, 0) is 31.2 Å². The number of aryl methyl sites for hydroxylation is 1. The first-order valence-corrected chi connectivity index (χ1v) is 11.7. The first kappa shape index (κ1) is 19.7. The molecule has 140 valence electrons. The summed E-state index contributed by atoms with van der Waals surface area (Å²) in [5.74, 6) is 0.392. The SMILES string of the molecule is Cc1ccc(SCC(=O)N2CCN(S(=O)(=O)c3ccc(Cl)s3)CC2)cc1. The van der Waals surface area contributed by atoms with E-state index in [4.69, 9.17) is 11.6 Å². The van der Waals surface area contributed by atoms with Gasteiger partial charge in [0.1, 0.15) is 4.21 Å². The highest BCUT2D eigenvalue weighted by atomic mass is 35.5. The summed E-state index contributed by atoms with van der Waals surface area (Å²) >= 11 is 8.40. The highest BCUT2D eigenvalue weighted by Gasteiger charge is 2.31. The van der Waals surface area contributed by atoms with Gasteiger partial charge in [0, 0.05) is 31.1 Å². The molecule has 0 radical (unpaired) electrons. The minimum absolute atomic E-state index is 0.0341. The predicted molar refractivity (Wildman–Crippen MR) is 107 cm³/mol. The molecule has 1 aromatic carbocycles.